The summed E-state index contributed by atoms with van der Waals surface area (Å²) in [4.78, 5) is 16.5. The van der Waals surface area contributed by atoms with E-state index >= 15 is 0 Å². The lowest BCUT2D eigenvalue weighted by Gasteiger charge is -2.16. The van der Waals surface area contributed by atoms with E-state index in [0.717, 1.165) is 0 Å². The van der Waals surface area contributed by atoms with Gasteiger partial charge in [0.25, 0.3) is 5.91 Å². The molecule has 0 bridgehead atoms. The Morgan fingerprint density at radius 1 is 1.21 bits per heavy atom. The van der Waals surface area contributed by atoms with Gasteiger partial charge in [0.15, 0.2) is 5.13 Å². The summed E-state index contributed by atoms with van der Waals surface area (Å²) in [5, 5.41) is 4.77. The Kier molecular flexibility index (Phi) is 6.57. The highest BCUT2D eigenvalue weighted by molar-refractivity contribution is 7.13. The average Bonchev–Trinajstić information content (AvgIpc) is 3.16. The van der Waals surface area contributed by atoms with Crippen molar-refractivity contribution in [2.75, 3.05) is 19.0 Å². The van der Waals surface area contributed by atoms with E-state index in [0.29, 0.717) is 34.6 Å². The predicted octanol–water partition coefficient (Wildman–Crippen LogP) is 4.54. The van der Waals surface area contributed by atoms with Crippen LogP contribution in [0.4, 0.5) is 9.52 Å². The van der Waals surface area contributed by atoms with E-state index < -0.39 is 0 Å². The average molecular weight is 401 g/mol. The summed E-state index contributed by atoms with van der Waals surface area (Å²) in [6.45, 7) is 2.24. The number of amides is 1. The number of ether oxygens (including phenoxy) is 3. The number of carbonyl (C=O) groups excluding carboxylic acids is 1. The molecule has 2 aromatic carbocycles. The van der Waals surface area contributed by atoms with Crippen molar-refractivity contribution in [1.29, 1.82) is 0 Å². The second-order valence-electron chi connectivity index (χ2n) is 5.87. The van der Waals surface area contributed by atoms with E-state index in [-0.39, 0.29) is 17.8 Å². The smallest absolute Gasteiger partial charge is 0.257 e. The molecule has 0 aliphatic carbocycles. The van der Waals surface area contributed by atoms with E-state index in [1.165, 1.54) is 35.6 Å². The molecule has 0 saturated heterocycles. The molecule has 1 atom stereocenters. The van der Waals surface area contributed by atoms with Crippen LogP contribution in [0, 0.1) is 12.0 Å². The van der Waals surface area contributed by atoms with E-state index in [4.69, 9.17) is 14.2 Å². The zero-order valence-electron chi connectivity index (χ0n) is 15.3. The monoisotopic (exact) mass is 401 g/mol. The molecule has 28 heavy (non-hydrogen) atoms. The van der Waals surface area contributed by atoms with Gasteiger partial charge in [0, 0.05) is 24.1 Å². The molecule has 0 saturated carbocycles. The number of thiazole rings is 1. The third kappa shape index (κ3) is 5.51. The van der Waals surface area contributed by atoms with Gasteiger partial charge in [-0.2, -0.15) is 0 Å². The summed E-state index contributed by atoms with van der Waals surface area (Å²) in [7, 11) is 1.58. The summed E-state index contributed by atoms with van der Waals surface area (Å²) in [5.41, 5.74) is 0.328. The van der Waals surface area contributed by atoms with Crippen molar-refractivity contribution < 1.29 is 23.4 Å². The zero-order valence-corrected chi connectivity index (χ0v) is 16.1. The number of methoxy groups -OCH3 is 1. The Morgan fingerprint density at radius 3 is 2.64 bits per heavy atom. The molecule has 0 spiro atoms. The molecule has 1 amide bonds. The maximum atomic E-state index is 13.1. The predicted molar refractivity (Wildman–Crippen MR) is 104 cm³/mol. The third-order valence-corrected chi connectivity index (χ3v) is 4.18. The molecule has 0 fully saturated rings. The lowest BCUT2D eigenvalue weighted by molar-refractivity contribution is 0.0916. The minimum absolute atomic E-state index is 0.226. The number of aromatic nitrogens is 1. The molecule has 1 aromatic heterocycles. The van der Waals surface area contributed by atoms with E-state index in [9.17, 15) is 9.18 Å². The molecular formula is C20H18FN2O4S. The maximum absolute atomic E-state index is 13.1. The van der Waals surface area contributed by atoms with Crippen LogP contribution in [0.1, 0.15) is 17.3 Å². The molecule has 8 heteroatoms. The fourth-order valence-electron chi connectivity index (χ4n) is 2.39. The number of hydrogen-bond acceptors (Lipinski definition) is 6. The van der Waals surface area contributed by atoms with Crippen LogP contribution in [0.3, 0.4) is 0 Å². The number of rotatable bonds is 8. The third-order valence-electron chi connectivity index (χ3n) is 3.54. The number of anilines is 1. The topological polar surface area (TPSA) is 69.7 Å². The number of nitrogens with one attached hydrogen (secondary N) is 1. The molecule has 3 rings (SSSR count). The number of benzene rings is 2. The van der Waals surface area contributed by atoms with Crippen molar-refractivity contribution in [3.8, 4) is 17.2 Å². The van der Waals surface area contributed by atoms with Gasteiger partial charge in [-0.25, -0.2) is 9.37 Å². The molecule has 1 radical (unpaired) electrons. The molecule has 0 aliphatic rings. The van der Waals surface area contributed by atoms with Crippen LogP contribution in [-0.4, -0.2) is 30.7 Å². The Hall–Kier alpha value is -2.97. The van der Waals surface area contributed by atoms with Crippen LogP contribution in [0.15, 0.2) is 47.8 Å². The van der Waals surface area contributed by atoms with Crippen LogP contribution in [0.2, 0.25) is 0 Å². The number of halogens is 1. The van der Waals surface area contributed by atoms with Gasteiger partial charge in [0.1, 0.15) is 35.4 Å². The van der Waals surface area contributed by atoms with E-state index in [1.807, 2.05) is 6.92 Å². The van der Waals surface area contributed by atoms with Gasteiger partial charge < -0.3 is 14.2 Å². The highest BCUT2D eigenvalue weighted by atomic mass is 32.1. The molecule has 0 aliphatic heterocycles. The van der Waals surface area contributed by atoms with Crippen LogP contribution in [0.5, 0.6) is 17.2 Å². The van der Waals surface area contributed by atoms with Crippen molar-refractivity contribution in [2.24, 2.45) is 0 Å². The Labute approximate surface area is 165 Å². The Balaban J connectivity index is 1.86. The zero-order chi connectivity index (χ0) is 19.9. The van der Waals surface area contributed by atoms with Gasteiger partial charge in [0.2, 0.25) is 0 Å². The lowest BCUT2D eigenvalue weighted by Crippen LogP contribution is -2.18. The molecule has 1 N–H and O–H groups in total. The first-order valence-electron chi connectivity index (χ1n) is 8.40. The van der Waals surface area contributed by atoms with Crippen LogP contribution >= 0.6 is 11.3 Å². The van der Waals surface area contributed by atoms with Crippen molar-refractivity contribution >= 4 is 22.4 Å². The standard InChI is InChI=1S/C20H18FN2O4S/c1-13(12-25-2)26-17-9-14(19(24)23-20-22-7-8-28-20)10-18(11-17)27-16-5-3-15(21)4-6-16/h3-6,8-11,13H,12H2,1-2H3,(H,22,23,24)/t13-/m0/s1. The minimum atomic E-state index is -0.364. The van der Waals surface area contributed by atoms with Crippen molar-refractivity contribution in [2.45, 2.75) is 13.0 Å². The molecule has 0 unspecified atom stereocenters. The van der Waals surface area contributed by atoms with Gasteiger partial charge in [-0.15, -0.1) is 11.3 Å². The van der Waals surface area contributed by atoms with Crippen LogP contribution in [-0.2, 0) is 4.74 Å². The second kappa shape index (κ2) is 9.29. The first-order valence-corrected chi connectivity index (χ1v) is 9.28. The fraction of sp³-hybridized carbons (Fsp3) is 0.200. The minimum Gasteiger partial charge on any atom is -0.488 e. The maximum Gasteiger partial charge on any atom is 0.257 e. The molecule has 145 valence electrons. The molecule has 1 heterocycles. The number of carbonyl (C=O) groups is 1. The molecule has 3 aromatic rings. The number of hydrogen-bond donors (Lipinski definition) is 1. The molecule has 6 nitrogen and oxygen atoms in total. The van der Waals surface area contributed by atoms with Crippen molar-refractivity contribution in [1.82, 2.24) is 4.98 Å². The Morgan fingerprint density at radius 2 is 1.96 bits per heavy atom. The van der Waals surface area contributed by atoms with Crippen molar-refractivity contribution in [3.63, 3.8) is 0 Å². The summed E-state index contributed by atoms with van der Waals surface area (Å²) in [6, 6.07) is 10.4. The van der Waals surface area contributed by atoms with Crippen LogP contribution < -0.4 is 14.8 Å². The fourth-order valence-corrected chi connectivity index (χ4v) is 2.86. The van der Waals surface area contributed by atoms with Gasteiger partial charge in [-0.05, 0) is 43.3 Å². The Bertz CT molecular complexity index is 916. The van der Waals surface area contributed by atoms with Crippen molar-refractivity contribution in [3.05, 3.63) is 65.4 Å². The number of nitrogens with zero attached hydrogens (tertiary/aromatic N) is 1. The van der Waals surface area contributed by atoms with E-state index in [2.05, 4.69) is 16.5 Å². The van der Waals surface area contributed by atoms with E-state index in [1.54, 1.807) is 30.7 Å². The quantitative estimate of drug-likeness (QED) is 0.600. The summed E-state index contributed by atoms with van der Waals surface area (Å²) in [6.07, 6.45) is 2.42. The lowest BCUT2D eigenvalue weighted by atomic mass is 10.2. The van der Waals surface area contributed by atoms with Crippen LogP contribution in [0.25, 0.3) is 0 Å². The molecular weight excluding hydrogens is 383 g/mol. The normalized spacial score (nSPS) is 11.7. The largest absolute Gasteiger partial charge is 0.488 e. The first-order chi connectivity index (χ1) is 13.5. The summed E-state index contributed by atoms with van der Waals surface area (Å²) in [5.74, 6) is 0.532. The van der Waals surface area contributed by atoms with Gasteiger partial charge in [0.05, 0.1) is 6.61 Å². The highest BCUT2D eigenvalue weighted by Gasteiger charge is 2.14. The first kappa shape index (κ1) is 19.8. The van der Waals surface area contributed by atoms with Gasteiger partial charge >= 0.3 is 0 Å². The SMILES string of the molecule is COC[C@H](C)Oc1cc(Oc2ccc(F)cc2)cc(C(=O)Nc2n[c]cs2)c1. The van der Waals surface area contributed by atoms with Gasteiger partial charge in [-0.3, -0.25) is 10.1 Å². The van der Waals surface area contributed by atoms with Gasteiger partial charge in [-0.1, -0.05) is 0 Å². The summed E-state index contributed by atoms with van der Waals surface area (Å²) < 4.78 is 29.8. The highest BCUT2D eigenvalue weighted by Crippen LogP contribution is 2.29. The summed E-state index contributed by atoms with van der Waals surface area (Å²) >= 11 is 1.26. The second-order valence-corrected chi connectivity index (χ2v) is 6.73.